The Labute approximate surface area is 118 Å². The quantitative estimate of drug-likeness (QED) is 0.483. The van der Waals surface area contributed by atoms with Gasteiger partial charge in [0.25, 0.3) is 5.91 Å². The van der Waals surface area contributed by atoms with E-state index >= 15 is 0 Å². The van der Waals surface area contributed by atoms with Crippen molar-refractivity contribution in [3.63, 3.8) is 0 Å². The molecule has 20 heavy (non-hydrogen) atoms. The van der Waals surface area contributed by atoms with Crippen LogP contribution in [0.5, 0.6) is 0 Å². The molecule has 1 aromatic carbocycles. The van der Waals surface area contributed by atoms with E-state index in [4.69, 9.17) is 5.21 Å². The second kappa shape index (κ2) is 6.86. The molecule has 0 fully saturated rings. The first-order valence-corrected chi connectivity index (χ1v) is 6.84. The lowest BCUT2D eigenvalue weighted by atomic mass is 10.1. The first-order valence-electron chi connectivity index (χ1n) is 6.84. The molecular formula is C15H19N3O2. The van der Waals surface area contributed by atoms with Crippen molar-refractivity contribution in [3.05, 3.63) is 42.1 Å². The number of hydrogen-bond acceptors (Lipinski definition) is 3. The van der Waals surface area contributed by atoms with Gasteiger partial charge in [0.05, 0.1) is 5.69 Å². The van der Waals surface area contributed by atoms with Crippen molar-refractivity contribution in [2.45, 2.75) is 32.7 Å². The summed E-state index contributed by atoms with van der Waals surface area (Å²) in [7, 11) is 0. The molecule has 5 heteroatoms. The highest BCUT2D eigenvalue weighted by Gasteiger charge is 2.14. The molecule has 0 radical (unpaired) electrons. The predicted molar refractivity (Wildman–Crippen MR) is 76.4 cm³/mol. The normalized spacial score (nSPS) is 10.5. The van der Waals surface area contributed by atoms with E-state index in [-0.39, 0.29) is 5.69 Å². The number of carbonyl (C=O) groups excluding carboxylic acids is 1. The molecular weight excluding hydrogens is 254 g/mol. The van der Waals surface area contributed by atoms with Crippen molar-refractivity contribution in [2.24, 2.45) is 0 Å². The van der Waals surface area contributed by atoms with Gasteiger partial charge in [-0.1, -0.05) is 50.1 Å². The average molecular weight is 273 g/mol. The Balaban J connectivity index is 2.32. The number of hydrogen-bond donors (Lipinski definition) is 2. The summed E-state index contributed by atoms with van der Waals surface area (Å²) in [5, 5.41) is 13.0. The lowest BCUT2D eigenvalue weighted by molar-refractivity contribution is 0.0700. The number of rotatable bonds is 6. The zero-order valence-corrected chi connectivity index (χ0v) is 11.5. The Morgan fingerprint density at radius 3 is 2.70 bits per heavy atom. The monoisotopic (exact) mass is 273 g/mol. The molecule has 0 unspecified atom stereocenters. The summed E-state index contributed by atoms with van der Waals surface area (Å²) < 4.78 is 1.83. The first kappa shape index (κ1) is 14.3. The summed E-state index contributed by atoms with van der Waals surface area (Å²) in [5.41, 5.74) is 3.75. The minimum atomic E-state index is -0.587. The highest BCUT2D eigenvalue weighted by molar-refractivity contribution is 5.92. The second-order valence-electron chi connectivity index (χ2n) is 4.65. The Bertz CT molecular complexity index is 564. The molecule has 0 saturated heterocycles. The molecule has 1 amide bonds. The molecule has 0 atom stereocenters. The number of hydroxylamine groups is 1. The summed E-state index contributed by atoms with van der Waals surface area (Å²) in [6.07, 6.45) is 3.26. The molecule has 5 nitrogen and oxygen atoms in total. The van der Waals surface area contributed by atoms with Crippen LogP contribution < -0.4 is 5.48 Å². The molecule has 1 heterocycles. The number of unbranched alkanes of at least 4 members (excludes halogenated alkanes) is 2. The van der Waals surface area contributed by atoms with Crippen LogP contribution in [0.3, 0.4) is 0 Å². The summed E-state index contributed by atoms with van der Waals surface area (Å²) in [5.74, 6) is -0.587. The van der Waals surface area contributed by atoms with Crippen LogP contribution in [0.15, 0.2) is 36.4 Å². The van der Waals surface area contributed by atoms with Gasteiger partial charge >= 0.3 is 0 Å². The maximum Gasteiger partial charge on any atom is 0.295 e. The van der Waals surface area contributed by atoms with Gasteiger partial charge in [-0.3, -0.25) is 14.7 Å². The maximum absolute atomic E-state index is 11.5. The highest BCUT2D eigenvalue weighted by Crippen LogP contribution is 2.21. The number of aryl methyl sites for hydroxylation is 1. The van der Waals surface area contributed by atoms with Gasteiger partial charge in [-0.2, -0.15) is 5.10 Å². The van der Waals surface area contributed by atoms with Crippen molar-refractivity contribution >= 4 is 5.91 Å². The van der Waals surface area contributed by atoms with Crippen LogP contribution in [0.4, 0.5) is 0 Å². The number of benzene rings is 1. The molecule has 2 aromatic rings. The van der Waals surface area contributed by atoms with E-state index in [1.54, 1.807) is 11.5 Å². The predicted octanol–water partition coefficient (Wildman–Crippen LogP) is 2.86. The fourth-order valence-corrected chi connectivity index (χ4v) is 2.11. The molecule has 0 aliphatic rings. The molecule has 1 aromatic heterocycles. The lowest BCUT2D eigenvalue weighted by Crippen LogP contribution is -2.19. The Morgan fingerprint density at radius 1 is 1.30 bits per heavy atom. The fourth-order valence-electron chi connectivity index (χ4n) is 2.11. The van der Waals surface area contributed by atoms with Crippen LogP contribution >= 0.6 is 0 Å². The third-order valence-electron chi connectivity index (χ3n) is 3.16. The third-order valence-corrected chi connectivity index (χ3v) is 3.16. The van der Waals surface area contributed by atoms with Gasteiger partial charge in [0.15, 0.2) is 5.69 Å². The summed E-state index contributed by atoms with van der Waals surface area (Å²) in [4.78, 5) is 11.5. The zero-order valence-electron chi connectivity index (χ0n) is 11.5. The van der Waals surface area contributed by atoms with Gasteiger partial charge in [-0.15, -0.1) is 0 Å². The standard InChI is InChI=1S/C15H19N3O2/c1-2-3-7-10-18-14(12-8-5-4-6-9-12)11-13(16-18)15(19)17-20/h4-6,8-9,11,20H,2-3,7,10H2,1H3,(H,17,19). The lowest BCUT2D eigenvalue weighted by Gasteiger charge is -2.06. The second-order valence-corrected chi connectivity index (χ2v) is 4.65. The maximum atomic E-state index is 11.5. The van der Waals surface area contributed by atoms with Crippen molar-refractivity contribution in [1.29, 1.82) is 0 Å². The van der Waals surface area contributed by atoms with Crippen molar-refractivity contribution in [1.82, 2.24) is 15.3 Å². The molecule has 0 bridgehead atoms. The smallest absolute Gasteiger partial charge is 0.288 e. The van der Waals surface area contributed by atoms with E-state index in [2.05, 4.69) is 12.0 Å². The van der Waals surface area contributed by atoms with Gasteiger partial charge in [0.2, 0.25) is 0 Å². The minimum absolute atomic E-state index is 0.225. The van der Waals surface area contributed by atoms with Gasteiger partial charge in [0.1, 0.15) is 0 Å². The van der Waals surface area contributed by atoms with Crippen LogP contribution in [0, 0.1) is 0 Å². The molecule has 2 N–H and O–H groups in total. The number of nitrogens with zero attached hydrogens (tertiary/aromatic N) is 2. The van der Waals surface area contributed by atoms with Crippen LogP contribution in [-0.4, -0.2) is 20.9 Å². The van der Waals surface area contributed by atoms with Gasteiger partial charge < -0.3 is 0 Å². The number of nitrogens with one attached hydrogen (secondary N) is 1. The number of aromatic nitrogens is 2. The number of amides is 1. The largest absolute Gasteiger partial charge is 0.295 e. The third kappa shape index (κ3) is 3.24. The van der Waals surface area contributed by atoms with Gasteiger partial charge in [0, 0.05) is 6.54 Å². The van der Waals surface area contributed by atoms with Crippen LogP contribution in [0.1, 0.15) is 36.7 Å². The molecule has 0 spiro atoms. The van der Waals surface area contributed by atoms with Gasteiger partial charge in [-0.05, 0) is 18.1 Å². The Hall–Kier alpha value is -2.14. The summed E-state index contributed by atoms with van der Waals surface area (Å²) in [6, 6.07) is 11.5. The van der Waals surface area contributed by atoms with E-state index in [0.717, 1.165) is 37.1 Å². The van der Waals surface area contributed by atoms with Crippen molar-refractivity contribution in [3.8, 4) is 11.3 Å². The van der Waals surface area contributed by atoms with Crippen molar-refractivity contribution in [2.75, 3.05) is 0 Å². The Kier molecular flexibility index (Phi) is 4.90. The van der Waals surface area contributed by atoms with Crippen LogP contribution in [-0.2, 0) is 6.54 Å². The van der Waals surface area contributed by atoms with Gasteiger partial charge in [-0.25, -0.2) is 5.48 Å². The number of carbonyl (C=O) groups is 1. The summed E-state index contributed by atoms with van der Waals surface area (Å²) in [6.45, 7) is 2.91. The van der Waals surface area contributed by atoms with Crippen LogP contribution in [0.2, 0.25) is 0 Å². The van der Waals surface area contributed by atoms with Crippen LogP contribution in [0.25, 0.3) is 11.3 Å². The summed E-state index contributed by atoms with van der Waals surface area (Å²) >= 11 is 0. The molecule has 106 valence electrons. The average Bonchev–Trinajstić information content (AvgIpc) is 2.92. The topological polar surface area (TPSA) is 67.2 Å². The fraction of sp³-hybridized carbons (Fsp3) is 0.333. The van der Waals surface area contributed by atoms with E-state index in [1.165, 1.54) is 0 Å². The Morgan fingerprint density at radius 2 is 2.05 bits per heavy atom. The zero-order chi connectivity index (χ0) is 14.4. The van der Waals surface area contributed by atoms with E-state index < -0.39 is 5.91 Å². The van der Waals surface area contributed by atoms with E-state index in [0.29, 0.717) is 0 Å². The highest BCUT2D eigenvalue weighted by atomic mass is 16.5. The first-order chi connectivity index (χ1) is 9.76. The minimum Gasteiger partial charge on any atom is -0.288 e. The molecule has 0 saturated carbocycles. The molecule has 2 rings (SSSR count). The van der Waals surface area contributed by atoms with Crippen molar-refractivity contribution < 1.29 is 10.0 Å². The molecule has 0 aliphatic heterocycles. The molecule has 0 aliphatic carbocycles. The SMILES string of the molecule is CCCCCn1nc(C(=O)NO)cc1-c1ccccc1. The van der Waals surface area contributed by atoms with E-state index in [1.807, 2.05) is 35.0 Å². The van der Waals surface area contributed by atoms with E-state index in [9.17, 15) is 4.79 Å².